The molecule has 160 valence electrons. The number of nitrogens with one attached hydrogen (secondary N) is 1. The number of nitro groups is 1. The molecule has 0 unspecified atom stereocenters. The number of hydrogen-bond acceptors (Lipinski definition) is 5. The summed E-state index contributed by atoms with van der Waals surface area (Å²) in [7, 11) is 0. The number of amides is 2. The first-order chi connectivity index (χ1) is 15.3. The number of nitro benzene ring substituents is 1. The number of carbonyl (C=O) groups excluding carboxylic acids is 2. The average Bonchev–Trinajstić information content (AvgIpc) is 3.01. The highest BCUT2D eigenvalue weighted by atomic mass is 35.5. The topological polar surface area (TPSA) is 92.6 Å². The van der Waals surface area contributed by atoms with Crippen molar-refractivity contribution in [2.45, 2.75) is 13.5 Å². The molecule has 0 aromatic heterocycles. The molecule has 0 radical (unpaired) electrons. The SMILES string of the molecule is Cc1ccc(NC2=C(c3ccc([N+](=O)[O-])cc3)C(=O)N(Cc3ccccc3)C2=O)cc1Cl. The molecule has 3 aromatic carbocycles. The van der Waals surface area contributed by atoms with Gasteiger partial charge in [-0.3, -0.25) is 24.6 Å². The number of imide groups is 1. The first-order valence-corrected chi connectivity index (χ1v) is 10.2. The Morgan fingerprint density at radius 3 is 2.28 bits per heavy atom. The lowest BCUT2D eigenvalue weighted by Gasteiger charge is -2.15. The minimum atomic E-state index is -0.519. The van der Waals surface area contributed by atoms with Gasteiger partial charge in [0, 0.05) is 22.8 Å². The van der Waals surface area contributed by atoms with Crippen molar-refractivity contribution in [3.8, 4) is 0 Å². The number of anilines is 1. The average molecular weight is 448 g/mol. The third-order valence-corrected chi connectivity index (χ3v) is 5.57. The number of nitrogens with zero attached hydrogens (tertiary/aromatic N) is 2. The van der Waals surface area contributed by atoms with Crippen molar-refractivity contribution in [3.63, 3.8) is 0 Å². The maximum Gasteiger partial charge on any atom is 0.278 e. The van der Waals surface area contributed by atoms with Crippen LogP contribution in [0, 0.1) is 17.0 Å². The summed E-state index contributed by atoms with van der Waals surface area (Å²) in [6.45, 7) is 1.97. The number of aryl methyl sites for hydroxylation is 1. The van der Waals surface area contributed by atoms with Crippen LogP contribution in [0.2, 0.25) is 5.02 Å². The van der Waals surface area contributed by atoms with Gasteiger partial charge >= 0.3 is 0 Å². The lowest BCUT2D eigenvalue weighted by Crippen LogP contribution is -2.31. The van der Waals surface area contributed by atoms with Gasteiger partial charge in [-0.15, -0.1) is 0 Å². The van der Waals surface area contributed by atoms with Gasteiger partial charge in [0.2, 0.25) is 0 Å². The molecule has 0 saturated carbocycles. The van der Waals surface area contributed by atoms with Crippen molar-refractivity contribution >= 4 is 40.4 Å². The summed E-state index contributed by atoms with van der Waals surface area (Å²) >= 11 is 6.22. The van der Waals surface area contributed by atoms with Gasteiger partial charge in [0.1, 0.15) is 5.70 Å². The zero-order valence-corrected chi connectivity index (χ0v) is 17.8. The van der Waals surface area contributed by atoms with Crippen molar-refractivity contribution in [1.29, 1.82) is 0 Å². The highest BCUT2D eigenvalue weighted by molar-refractivity contribution is 6.36. The predicted octanol–water partition coefficient (Wildman–Crippen LogP) is 4.95. The Balaban J connectivity index is 1.76. The number of carbonyl (C=O) groups is 2. The number of benzene rings is 3. The van der Waals surface area contributed by atoms with Crippen LogP contribution in [-0.2, 0) is 16.1 Å². The Bertz CT molecular complexity index is 1250. The number of rotatable bonds is 6. The molecule has 0 atom stereocenters. The van der Waals surface area contributed by atoms with Crippen molar-refractivity contribution in [3.05, 3.63) is 110 Å². The number of halogens is 1. The Labute approximate surface area is 189 Å². The quantitative estimate of drug-likeness (QED) is 0.328. The van der Waals surface area contributed by atoms with E-state index < -0.39 is 16.7 Å². The third-order valence-electron chi connectivity index (χ3n) is 5.16. The predicted molar refractivity (Wildman–Crippen MR) is 122 cm³/mol. The molecule has 32 heavy (non-hydrogen) atoms. The minimum Gasteiger partial charge on any atom is -0.350 e. The lowest BCUT2D eigenvalue weighted by molar-refractivity contribution is -0.384. The van der Waals surface area contributed by atoms with Crippen molar-refractivity contribution in [2.75, 3.05) is 5.32 Å². The van der Waals surface area contributed by atoms with Crippen LogP contribution in [0.1, 0.15) is 16.7 Å². The van der Waals surface area contributed by atoms with Crippen molar-refractivity contribution in [2.24, 2.45) is 0 Å². The highest BCUT2D eigenvalue weighted by Crippen LogP contribution is 2.33. The van der Waals surface area contributed by atoms with Gasteiger partial charge < -0.3 is 5.32 Å². The van der Waals surface area contributed by atoms with E-state index in [1.54, 1.807) is 18.2 Å². The van der Waals surface area contributed by atoms with E-state index in [1.165, 1.54) is 24.3 Å². The van der Waals surface area contributed by atoms with E-state index in [0.717, 1.165) is 16.0 Å². The fraction of sp³-hybridized carbons (Fsp3) is 0.0833. The molecule has 4 rings (SSSR count). The monoisotopic (exact) mass is 447 g/mol. The fourth-order valence-corrected chi connectivity index (χ4v) is 3.61. The molecule has 8 heteroatoms. The summed E-state index contributed by atoms with van der Waals surface area (Å²) in [4.78, 5) is 38.2. The van der Waals surface area contributed by atoms with Crippen LogP contribution in [0.4, 0.5) is 11.4 Å². The normalized spacial score (nSPS) is 13.6. The van der Waals surface area contributed by atoms with Crippen LogP contribution < -0.4 is 5.32 Å². The largest absolute Gasteiger partial charge is 0.350 e. The summed E-state index contributed by atoms with van der Waals surface area (Å²) in [6, 6.07) is 20.0. The van der Waals surface area contributed by atoms with Crippen molar-refractivity contribution < 1.29 is 14.5 Å². The summed E-state index contributed by atoms with van der Waals surface area (Å²) in [5.41, 5.74) is 2.78. The van der Waals surface area contributed by atoms with E-state index in [4.69, 9.17) is 11.6 Å². The second kappa shape index (κ2) is 8.64. The molecule has 1 aliphatic rings. The molecular formula is C24H18ClN3O4. The van der Waals surface area contributed by atoms with Crippen molar-refractivity contribution in [1.82, 2.24) is 4.90 Å². The van der Waals surface area contributed by atoms with Crippen LogP contribution in [0.15, 0.2) is 78.5 Å². The van der Waals surface area contributed by atoms with Gasteiger partial charge in [0.05, 0.1) is 17.0 Å². The van der Waals surface area contributed by atoms with Gasteiger partial charge in [-0.1, -0.05) is 48.0 Å². The maximum atomic E-state index is 13.3. The first kappa shape index (κ1) is 21.3. The van der Waals surface area contributed by atoms with E-state index in [0.29, 0.717) is 16.3 Å². The van der Waals surface area contributed by atoms with Gasteiger partial charge in [0.25, 0.3) is 17.5 Å². The van der Waals surface area contributed by atoms with Crippen LogP contribution in [0.3, 0.4) is 0 Å². The Kier molecular flexibility index (Phi) is 5.75. The summed E-state index contributed by atoms with van der Waals surface area (Å²) in [5.74, 6) is -0.961. The second-order valence-electron chi connectivity index (χ2n) is 7.32. The molecule has 2 amide bonds. The summed E-state index contributed by atoms with van der Waals surface area (Å²) < 4.78 is 0. The molecular weight excluding hydrogens is 430 g/mol. The summed E-state index contributed by atoms with van der Waals surface area (Å²) in [5, 5.41) is 14.6. The molecule has 0 fully saturated rings. The molecule has 1 N–H and O–H groups in total. The first-order valence-electron chi connectivity index (χ1n) is 9.77. The van der Waals surface area contributed by atoms with Gasteiger partial charge in [-0.05, 0) is 47.9 Å². The maximum absolute atomic E-state index is 13.3. The fourth-order valence-electron chi connectivity index (χ4n) is 3.43. The van der Waals surface area contributed by atoms with Crippen LogP contribution in [-0.4, -0.2) is 21.6 Å². The van der Waals surface area contributed by atoms with E-state index >= 15 is 0 Å². The van der Waals surface area contributed by atoms with Crippen LogP contribution >= 0.6 is 11.6 Å². The van der Waals surface area contributed by atoms with Crippen LogP contribution in [0.25, 0.3) is 5.57 Å². The minimum absolute atomic E-state index is 0.0969. The number of hydrogen-bond donors (Lipinski definition) is 1. The standard InChI is InChI=1S/C24H18ClN3O4/c1-15-7-10-18(13-20(15)25)26-22-21(17-8-11-19(12-9-17)28(31)32)23(29)27(24(22)30)14-16-5-3-2-4-6-16/h2-13,26H,14H2,1H3. The van der Waals surface area contributed by atoms with Gasteiger partial charge in [0.15, 0.2) is 0 Å². The summed E-state index contributed by atoms with van der Waals surface area (Å²) in [6.07, 6.45) is 0. The Hall–Kier alpha value is -3.97. The molecule has 0 saturated heterocycles. The smallest absolute Gasteiger partial charge is 0.278 e. The zero-order valence-electron chi connectivity index (χ0n) is 17.0. The number of non-ortho nitro benzene ring substituents is 1. The highest BCUT2D eigenvalue weighted by Gasteiger charge is 2.39. The molecule has 3 aromatic rings. The second-order valence-corrected chi connectivity index (χ2v) is 7.73. The Morgan fingerprint density at radius 2 is 1.66 bits per heavy atom. The van der Waals surface area contributed by atoms with E-state index in [2.05, 4.69) is 5.32 Å². The molecule has 1 aliphatic heterocycles. The van der Waals surface area contributed by atoms with E-state index in [-0.39, 0.29) is 23.5 Å². The molecule has 0 bridgehead atoms. The third kappa shape index (κ3) is 4.10. The van der Waals surface area contributed by atoms with Crippen LogP contribution in [0.5, 0.6) is 0 Å². The van der Waals surface area contributed by atoms with Gasteiger partial charge in [-0.2, -0.15) is 0 Å². The Morgan fingerprint density at radius 1 is 0.969 bits per heavy atom. The van der Waals surface area contributed by atoms with Gasteiger partial charge in [-0.25, -0.2) is 0 Å². The lowest BCUT2D eigenvalue weighted by atomic mass is 10.0. The molecule has 0 spiro atoms. The van der Waals surface area contributed by atoms with E-state index in [1.807, 2.05) is 37.3 Å². The zero-order chi connectivity index (χ0) is 22.8. The molecule has 1 heterocycles. The molecule has 7 nitrogen and oxygen atoms in total. The molecule has 0 aliphatic carbocycles. The van der Waals surface area contributed by atoms with E-state index in [9.17, 15) is 19.7 Å².